The number of aromatic carboxylic acids is 1. The Morgan fingerprint density at radius 2 is 2.05 bits per heavy atom. The lowest BCUT2D eigenvalue weighted by molar-refractivity contribution is -0.123. The molecule has 0 aliphatic heterocycles. The molecule has 2 heterocycles. The highest BCUT2D eigenvalue weighted by atomic mass is 32.1. The van der Waals surface area contributed by atoms with Gasteiger partial charge in [0, 0.05) is 5.41 Å². The molecule has 20 heavy (non-hydrogen) atoms. The first-order valence-corrected chi connectivity index (χ1v) is 7.58. The van der Waals surface area contributed by atoms with Crippen LogP contribution in [0.15, 0.2) is 17.5 Å². The Morgan fingerprint density at radius 3 is 2.55 bits per heavy atom. The Labute approximate surface area is 124 Å². The molecular weight excluding hydrogens is 296 g/mol. The van der Waals surface area contributed by atoms with Crippen molar-refractivity contribution in [3.8, 4) is 10.6 Å². The highest BCUT2D eigenvalue weighted by Gasteiger charge is 2.25. The van der Waals surface area contributed by atoms with Crippen LogP contribution in [0, 0.1) is 5.41 Å². The number of hydrogen-bond acceptors (Lipinski definition) is 5. The number of aromatic nitrogens is 1. The van der Waals surface area contributed by atoms with Gasteiger partial charge in [0.15, 0.2) is 5.13 Å². The zero-order valence-electron chi connectivity index (χ0n) is 11.3. The van der Waals surface area contributed by atoms with Gasteiger partial charge in [0.2, 0.25) is 5.91 Å². The van der Waals surface area contributed by atoms with Gasteiger partial charge in [-0.15, -0.1) is 11.3 Å². The smallest absolute Gasteiger partial charge is 0.348 e. The van der Waals surface area contributed by atoms with Crippen molar-refractivity contribution in [2.24, 2.45) is 5.41 Å². The average molecular weight is 310 g/mol. The number of amides is 1. The number of anilines is 1. The van der Waals surface area contributed by atoms with Gasteiger partial charge in [-0.25, -0.2) is 9.78 Å². The minimum atomic E-state index is -1.04. The second-order valence-corrected chi connectivity index (χ2v) is 7.13. The molecule has 2 rings (SSSR count). The van der Waals surface area contributed by atoms with Crippen LogP contribution < -0.4 is 5.32 Å². The summed E-state index contributed by atoms with van der Waals surface area (Å²) in [4.78, 5) is 28.3. The summed E-state index contributed by atoms with van der Waals surface area (Å²) in [6.45, 7) is 5.36. The summed E-state index contributed by atoms with van der Waals surface area (Å²) in [5.41, 5.74) is -0.153. The van der Waals surface area contributed by atoms with Gasteiger partial charge < -0.3 is 10.4 Å². The number of rotatable bonds is 3. The van der Waals surface area contributed by atoms with Gasteiger partial charge in [0.1, 0.15) is 10.6 Å². The van der Waals surface area contributed by atoms with Gasteiger partial charge in [-0.2, -0.15) is 0 Å². The molecular formula is C13H14N2O3S2. The van der Waals surface area contributed by atoms with Crippen LogP contribution in [0.25, 0.3) is 10.6 Å². The molecule has 2 aromatic rings. The summed E-state index contributed by atoms with van der Waals surface area (Å²) in [6, 6.07) is 3.64. The van der Waals surface area contributed by atoms with E-state index in [0.29, 0.717) is 10.8 Å². The van der Waals surface area contributed by atoms with E-state index in [1.165, 1.54) is 11.3 Å². The minimum Gasteiger partial charge on any atom is -0.477 e. The fraction of sp³-hybridized carbons (Fsp3) is 0.308. The van der Waals surface area contributed by atoms with Crippen molar-refractivity contribution < 1.29 is 14.7 Å². The highest BCUT2D eigenvalue weighted by molar-refractivity contribution is 7.19. The Morgan fingerprint density at radius 1 is 1.35 bits per heavy atom. The number of thiophene rings is 1. The molecule has 0 saturated heterocycles. The van der Waals surface area contributed by atoms with E-state index in [4.69, 9.17) is 0 Å². The molecule has 2 aromatic heterocycles. The van der Waals surface area contributed by atoms with Crippen molar-refractivity contribution in [1.82, 2.24) is 4.98 Å². The van der Waals surface area contributed by atoms with Crippen LogP contribution in [0.4, 0.5) is 5.13 Å². The van der Waals surface area contributed by atoms with E-state index >= 15 is 0 Å². The summed E-state index contributed by atoms with van der Waals surface area (Å²) in [5.74, 6) is -1.23. The monoisotopic (exact) mass is 310 g/mol. The Bertz CT molecular complexity index is 639. The number of carboxylic acid groups (broad SMARTS) is 1. The van der Waals surface area contributed by atoms with Crippen LogP contribution in [-0.2, 0) is 4.79 Å². The van der Waals surface area contributed by atoms with Gasteiger partial charge in [0.05, 0.1) is 4.88 Å². The first-order valence-electron chi connectivity index (χ1n) is 5.88. The van der Waals surface area contributed by atoms with Gasteiger partial charge >= 0.3 is 5.97 Å². The van der Waals surface area contributed by atoms with Crippen molar-refractivity contribution in [2.75, 3.05) is 5.32 Å². The lowest BCUT2D eigenvalue weighted by atomic mass is 9.96. The molecule has 0 aliphatic carbocycles. The number of nitrogens with zero attached hydrogens (tertiary/aromatic N) is 1. The van der Waals surface area contributed by atoms with E-state index in [1.54, 1.807) is 20.8 Å². The predicted molar refractivity (Wildman–Crippen MR) is 80.5 cm³/mol. The van der Waals surface area contributed by atoms with Gasteiger partial charge in [0.25, 0.3) is 0 Å². The average Bonchev–Trinajstić information content (AvgIpc) is 2.94. The maximum absolute atomic E-state index is 11.9. The third-order valence-corrected chi connectivity index (χ3v) is 4.31. The Kier molecular flexibility index (Phi) is 3.92. The van der Waals surface area contributed by atoms with E-state index in [9.17, 15) is 14.7 Å². The summed E-state index contributed by atoms with van der Waals surface area (Å²) >= 11 is 2.39. The molecule has 0 spiro atoms. The zero-order valence-corrected chi connectivity index (χ0v) is 12.9. The zero-order chi connectivity index (χ0) is 14.9. The molecule has 0 aromatic carbocycles. The van der Waals surface area contributed by atoms with Crippen LogP contribution in [-0.4, -0.2) is 22.0 Å². The maximum atomic E-state index is 11.9. The number of hydrogen-bond donors (Lipinski definition) is 2. The fourth-order valence-corrected chi connectivity index (χ4v) is 2.98. The molecule has 0 radical (unpaired) electrons. The second-order valence-electron chi connectivity index (χ2n) is 5.18. The van der Waals surface area contributed by atoms with Gasteiger partial charge in [-0.1, -0.05) is 38.2 Å². The van der Waals surface area contributed by atoms with E-state index in [2.05, 4.69) is 10.3 Å². The number of carbonyl (C=O) groups is 2. The van der Waals surface area contributed by atoms with Crippen molar-refractivity contribution in [3.05, 3.63) is 22.4 Å². The van der Waals surface area contributed by atoms with Crippen molar-refractivity contribution in [1.29, 1.82) is 0 Å². The predicted octanol–water partition coefficient (Wildman–Crippen LogP) is 3.55. The molecule has 0 bridgehead atoms. The number of nitrogens with one attached hydrogen (secondary N) is 1. The molecule has 7 heteroatoms. The third kappa shape index (κ3) is 3.05. The highest BCUT2D eigenvalue weighted by Crippen LogP contribution is 2.34. The molecule has 0 unspecified atom stereocenters. The number of carbonyl (C=O) groups excluding carboxylic acids is 1. The Balaban J connectivity index is 2.36. The van der Waals surface area contributed by atoms with E-state index in [-0.39, 0.29) is 10.8 Å². The van der Waals surface area contributed by atoms with Crippen LogP contribution in [0.3, 0.4) is 0 Å². The van der Waals surface area contributed by atoms with Gasteiger partial charge in [-0.3, -0.25) is 4.79 Å². The standard InChI is InChI=1S/C13H14N2O3S2/c1-13(2,3)11(18)15-12-14-8(7-5-4-6-19-7)9(20-12)10(16)17/h4-6H,1-3H3,(H,16,17)(H,14,15,18). The molecule has 106 valence electrons. The lowest BCUT2D eigenvalue weighted by Crippen LogP contribution is -2.27. The molecule has 1 amide bonds. The SMILES string of the molecule is CC(C)(C)C(=O)Nc1nc(-c2cccs2)c(C(=O)O)s1. The van der Waals surface area contributed by atoms with Crippen LogP contribution in [0.1, 0.15) is 30.4 Å². The summed E-state index contributed by atoms with van der Waals surface area (Å²) < 4.78 is 0. The molecule has 5 nitrogen and oxygen atoms in total. The first kappa shape index (κ1) is 14.7. The fourth-order valence-electron chi connectivity index (χ4n) is 1.38. The third-order valence-electron chi connectivity index (χ3n) is 2.48. The summed E-state index contributed by atoms with van der Waals surface area (Å²) in [6.07, 6.45) is 0. The van der Waals surface area contributed by atoms with Crippen molar-refractivity contribution >= 4 is 39.7 Å². The molecule has 0 atom stereocenters. The van der Waals surface area contributed by atoms with E-state index < -0.39 is 11.4 Å². The van der Waals surface area contributed by atoms with Crippen LogP contribution in [0.2, 0.25) is 0 Å². The minimum absolute atomic E-state index is 0.136. The lowest BCUT2D eigenvalue weighted by Gasteiger charge is -2.15. The normalized spacial score (nSPS) is 11.3. The maximum Gasteiger partial charge on any atom is 0.348 e. The Hall–Kier alpha value is -1.73. The van der Waals surface area contributed by atoms with E-state index in [0.717, 1.165) is 16.2 Å². The second kappa shape index (κ2) is 5.34. The quantitative estimate of drug-likeness (QED) is 0.908. The van der Waals surface area contributed by atoms with Crippen LogP contribution >= 0.6 is 22.7 Å². The van der Waals surface area contributed by atoms with Crippen molar-refractivity contribution in [3.63, 3.8) is 0 Å². The first-order chi connectivity index (χ1) is 9.29. The van der Waals surface area contributed by atoms with E-state index in [1.807, 2.05) is 17.5 Å². The molecule has 0 fully saturated rings. The van der Waals surface area contributed by atoms with Gasteiger partial charge in [-0.05, 0) is 11.4 Å². The van der Waals surface area contributed by atoms with Crippen LogP contribution in [0.5, 0.6) is 0 Å². The molecule has 0 aliphatic rings. The largest absolute Gasteiger partial charge is 0.477 e. The number of thiazole rings is 1. The summed E-state index contributed by atoms with van der Waals surface area (Å²) in [7, 11) is 0. The molecule has 2 N–H and O–H groups in total. The van der Waals surface area contributed by atoms with Crippen molar-refractivity contribution in [2.45, 2.75) is 20.8 Å². The molecule has 0 saturated carbocycles. The topological polar surface area (TPSA) is 79.3 Å². The summed E-state index contributed by atoms with van der Waals surface area (Å²) in [5, 5.41) is 14.1. The number of carboxylic acids is 1.